The minimum atomic E-state index is 0.134. The van der Waals surface area contributed by atoms with Crippen LogP contribution < -0.4 is 10.6 Å². The van der Waals surface area contributed by atoms with Gasteiger partial charge in [-0.15, -0.1) is 0 Å². The van der Waals surface area contributed by atoms with Crippen molar-refractivity contribution in [1.29, 1.82) is 0 Å². The molecule has 2 aromatic rings. The summed E-state index contributed by atoms with van der Waals surface area (Å²) in [6, 6.07) is 20.3. The topological polar surface area (TPSA) is 58.2 Å². The summed E-state index contributed by atoms with van der Waals surface area (Å²) in [5, 5.41) is 6.24. The van der Waals surface area contributed by atoms with Crippen LogP contribution in [0.3, 0.4) is 0 Å². The lowest BCUT2D eigenvalue weighted by Gasteiger charge is -2.29. The van der Waals surface area contributed by atoms with E-state index in [0.717, 1.165) is 45.2 Å². The summed E-state index contributed by atoms with van der Waals surface area (Å²) in [7, 11) is 0. The van der Waals surface area contributed by atoms with Crippen LogP contribution >= 0.6 is 0 Å². The number of carbonyl (C=O) groups is 2. The number of hydrogen-bond acceptors (Lipinski definition) is 2. The number of benzene rings is 2. The summed E-state index contributed by atoms with van der Waals surface area (Å²) in [5.41, 5.74) is 2.40. The van der Waals surface area contributed by atoms with Crippen molar-refractivity contribution in [2.24, 2.45) is 11.8 Å². The fourth-order valence-corrected chi connectivity index (χ4v) is 4.27. The Bertz CT molecular complexity index is 711. The molecule has 2 amide bonds. The second-order valence-corrected chi connectivity index (χ2v) is 8.48. The van der Waals surface area contributed by atoms with E-state index in [2.05, 4.69) is 34.9 Å². The predicted molar refractivity (Wildman–Crippen MR) is 121 cm³/mol. The van der Waals surface area contributed by atoms with Crippen LogP contribution in [0.25, 0.3) is 0 Å². The van der Waals surface area contributed by atoms with Crippen molar-refractivity contribution in [3.63, 3.8) is 0 Å². The molecule has 0 spiro atoms. The normalized spacial score (nSPS) is 18.5. The number of hydrogen-bond donors (Lipinski definition) is 2. The second-order valence-electron chi connectivity index (χ2n) is 8.48. The van der Waals surface area contributed by atoms with E-state index in [-0.39, 0.29) is 11.8 Å². The van der Waals surface area contributed by atoms with Crippen LogP contribution in [0.2, 0.25) is 0 Å². The molecular formula is C26H34N2O2. The van der Waals surface area contributed by atoms with Gasteiger partial charge in [0.1, 0.15) is 0 Å². The summed E-state index contributed by atoms with van der Waals surface area (Å²) < 4.78 is 0. The molecule has 0 aromatic heterocycles. The van der Waals surface area contributed by atoms with Crippen molar-refractivity contribution >= 4 is 11.8 Å². The fraction of sp³-hybridized carbons (Fsp3) is 0.462. The van der Waals surface area contributed by atoms with Crippen LogP contribution in [-0.2, 0) is 22.4 Å². The maximum atomic E-state index is 12.2. The maximum Gasteiger partial charge on any atom is 0.220 e. The van der Waals surface area contributed by atoms with Gasteiger partial charge in [0.05, 0.1) is 0 Å². The van der Waals surface area contributed by atoms with Crippen LogP contribution in [-0.4, -0.2) is 24.9 Å². The fourth-order valence-electron chi connectivity index (χ4n) is 4.27. The van der Waals surface area contributed by atoms with Gasteiger partial charge >= 0.3 is 0 Å². The molecule has 0 bridgehead atoms. The number of amides is 2. The Morgan fingerprint density at radius 2 is 1.13 bits per heavy atom. The molecule has 1 aliphatic rings. The lowest BCUT2D eigenvalue weighted by atomic mass is 9.81. The minimum absolute atomic E-state index is 0.134. The van der Waals surface area contributed by atoms with Crippen molar-refractivity contribution in [2.75, 3.05) is 13.1 Å². The molecule has 1 aliphatic carbocycles. The van der Waals surface area contributed by atoms with Gasteiger partial charge in [-0.1, -0.05) is 67.1 Å². The zero-order valence-electron chi connectivity index (χ0n) is 17.8. The summed E-state index contributed by atoms with van der Waals surface area (Å²) in [6.45, 7) is 1.51. The van der Waals surface area contributed by atoms with Crippen LogP contribution in [0, 0.1) is 11.8 Å². The average molecular weight is 407 g/mol. The highest BCUT2D eigenvalue weighted by Crippen LogP contribution is 2.28. The quantitative estimate of drug-likeness (QED) is 0.618. The van der Waals surface area contributed by atoms with Gasteiger partial charge in [0.2, 0.25) is 11.8 Å². The molecule has 0 saturated heterocycles. The van der Waals surface area contributed by atoms with Gasteiger partial charge in [0, 0.05) is 25.9 Å². The molecule has 3 rings (SSSR count). The molecule has 30 heavy (non-hydrogen) atoms. The molecule has 4 nitrogen and oxygen atoms in total. The number of nitrogens with one attached hydrogen (secondary N) is 2. The molecule has 1 fully saturated rings. The van der Waals surface area contributed by atoms with Crippen LogP contribution in [0.15, 0.2) is 60.7 Å². The molecule has 0 unspecified atom stereocenters. The van der Waals surface area contributed by atoms with E-state index >= 15 is 0 Å². The molecular weight excluding hydrogens is 372 g/mol. The Balaban J connectivity index is 1.29. The van der Waals surface area contributed by atoms with Gasteiger partial charge < -0.3 is 10.6 Å². The molecule has 0 aliphatic heterocycles. The Labute approximate surface area is 180 Å². The third-order valence-electron chi connectivity index (χ3n) is 6.03. The average Bonchev–Trinajstić information content (AvgIpc) is 2.80. The Hall–Kier alpha value is -2.62. The van der Waals surface area contributed by atoms with Crippen molar-refractivity contribution in [3.8, 4) is 0 Å². The molecule has 0 heterocycles. The minimum Gasteiger partial charge on any atom is -0.356 e. The van der Waals surface area contributed by atoms with Gasteiger partial charge in [-0.2, -0.15) is 0 Å². The van der Waals surface area contributed by atoms with Crippen LogP contribution in [0.4, 0.5) is 0 Å². The van der Waals surface area contributed by atoms with E-state index in [1.54, 1.807) is 0 Å². The Morgan fingerprint density at radius 3 is 1.57 bits per heavy atom. The first-order valence-electron chi connectivity index (χ1n) is 11.3. The van der Waals surface area contributed by atoms with Crippen molar-refractivity contribution in [1.82, 2.24) is 10.6 Å². The lowest BCUT2D eigenvalue weighted by Crippen LogP contribution is -2.35. The van der Waals surface area contributed by atoms with Crippen molar-refractivity contribution < 1.29 is 9.59 Å². The zero-order chi connectivity index (χ0) is 21.0. The Kier molecular flexibility index (Phi) is 8.95. The van der Waals surface area contributed by atoms with Crippen molar-refractivity contribution in [3.05, 3.63) is 71.8 Å². The highest BCUT2D eigenvalue weighted by molar-refractivity contribution is 5.76. The number of rotatable bonds is 10. The third-order valence-corrected chi connectivity index (χ3v) is 6.03. The molecule has 1 saturated carbocycles. The van der Waals surface area contributed by atoms with E-state index in [0.29, 0.717) is 24.7 Å². The SMILES string of the molecule is O=C(CCc1ccccc1)NC[C@H]1CCC[C@@H](CNC(=O)CCc2ccccc2)C1. The molecule has 4 heteroatoms. The summed E-state index contributed by atoms with van der Waals surface area (Å²) in [6.07, 6.45) is 7.24. The van der Waals surface area contributed by atoms with E-state index in [1.807, 2.05) is 36.4 Å². The highest BCUT2D eigenvalue weighted by atomic mass is 16.2. The van der Waals surface area contributed by atoms with Gasteiger partial charge in [-0.25, -0.2) is 0 Å². The summed E-state index contributed by atoms with van der Waals surface area (Å²) in [5.74, 6) is 1.31. The van der Waals surface area contributed by atoms with E-state index in [1.165, 1.54) is 17.5 Å². The standard InChI is InChI=1S/C26H34N2O2/c29-25(16-14-21-8-3-1-4-9-21)27-19-23-12-7-13-24(18-23)20-28-26(30)17-15-22-10-5-2-6-11-22/h1-6,8-11,23-24H,7,12-20H2,(H,27,29)(H,28,30)/t23-,24+. The van der Waals surface area contributed by atoms with E-state index in [4.69, 9.17) is 0 Å². The van der Waals surface area contributed by atoms with Crippen LogP contribution in [0.1, 0.15) is 49.7 Å². The van der Waals surface area contributed by atoms with Crippen LogP contribution in [0.5, 0.6) is 0 Å². The Morgan fingerprint density at radius 1 is 0.700 bits per heavy atom. The maximum absolute atomic E-state index is 12.2. The van der Waals surface area contributed by atoms with Gasteiger partial charge in [-0.05, 0) is 55.1 Å². The van der Waals surface area contributed by atoms with Gasteiger partial charge in [0.15, 0.2) is 0 Å². The molecule has 0 radical (unpaired) electrons. The van der Waals surface area contributed by atoms with Crippen molar-refractivity contribution in [2.45, 2.75) is 51.4 Å². The van der Waals surface area contributed by atoms with E-state index in [9.17, 15) is 9.59 Å². The smallest absolute Gasteiger partial charge is 0.220 e. The summed E-state index contributed by atoms with van der Waals surface area (Å²) in [4.78, 5) is 24.4. The molecule has 2 N–H and O–H groups in total. The first kappa shape index (κ1) is 22.1. The highest BCUT2D eigenvalue weighted by Gasteiger charge is 2.22. The molecule has 2 aromatic carbocycles. The second kappa shape index (κ2) is 12.2. The first-order chi connectivity index (χ1) is 14.7. The monoisotopic (exact) mass is 406 g/mol. The number of carbonyl (C=O) groups excluding carboxylic acids is 2. The third kappa shape index (κ3) is 8.02. The number of aryl methyl sites for hydroxylation is 2. The molecule has 160 valence electrons. The first-order valence-corrected chi connectivity index (χ1v) is 11.3. The predicted octanol–water partition coefficient (Wildman–Crippen LogP) is 4.29. The largest absolute Gasteiger partial charge is 0.356 e. The zero-order valence-corrected chi connectivity index (χ0v) is 17.8. The van der Waals surface area contributed by atoms with Gasteiger partial charge in [-0.3, -0.25) is 9.59 Å². The summed E-state index contributed by atoms with van der Waals surface area (Å²) >= 11 is 0. The lowest BCUT2D eigenvalue weighted by molar-refractivity contribution is -0.121. The van der Waals surface area contributed by atoms with E-state index < -0.39 is 0 Å². The van der Waals surface area contributed by atoms with Gasteiger partial charge in [0.25, 0.3) is 0 Å². The molecule has 2 atom stereocenters.